The van der Waals surface area contributed by atoms with E-state index in [0.717, 1.165) is 15.5 Å². The molecule has 2 nitrogen and oxygen atoms in total. The van der Waals surface area contributed by atoms with Crippen molar-refractivity contribution in [2.45, 2.75) is 6.10 Å². The van der Waals surface area contributed by atoms with Crippen LogP contribution >= 0.6 is 0 Å². The molecule has 0 aromatic heterocycles. The van der Waals surface area contributed by atoms with Gasteiger partial charge in [-0.25, -0.2) is 0 Å². The van der Waals surface area contributed by atoms with Crippen molar-refractivity contribution in [3.8, 4) is 5.75 Å². The molecule has 0 amide bonds. The summed E-state index contributed by atoms with van der Waals surface area (Å²) in [5.74, 6) is 0.705. The van der Waals surface area contributed by atoms with E-state index < -0.39 is 6.10 Å². The molecule has 2 rings (SSSR count). The third-order valence-electron chi connectivity index (χ3n) is 2.62. The van der Waals surface area contributed by atoms with Crippen LogP contribution in [0.3, 0.4) is 0 Å². The molecule has 1 N–H and O–H groups in total. The second kappa shape index (κ2) is 5.39. The Labute approximate surface area is 110 Å². The molecule has 2 aromatic rings. The first-order valence-corrected chi connectivity index (χ1v) is 6.26. The number of hydrogen-bond acceptors (Lipinski definition) is 2. The van der Waals surface area contributed by atoms with Gasteiger partial charge in [0.25, 0.3) is 0 Å². The number of aliphatic hydroxyl groups is 1. The number of methoxy groups -OCH3 is 1. The first-order valence-electron chi connectivity index (χ1n) is 5.32. The van der Waals surface area contributed by atoms with Crippen molar-refractivity contribution in [1.82, 2.24) is 0 Å². The van der Waals surface area contributed by atoms with E-state index in [1.165, 1.54) is 0 Å². The molecule has 0 aliphatic heterocycles. The molecule has 0 bridgehead atoms. The Hall–Kier alpha value is -1.24. The van der Waals surface area contributed by atoms with Crippen LogP contribution in [0.15, 0.2) is 48.5 Å². The molecule has 0 spiro atoms. The summed E-state index contributed by atoms with van der Waals surface area (Å²) in [6, 6.07) is 15.3. The number of aliphatic hydroxyl groups excluding tert-OH is 1. The molecule has 2 radical (unpaired) electrons. The van der Waals surface area contributed by atoms with Crippen LogP contribution in [0.25, 0.3) is 0 Å². The van der Waals surface area contributed by atoms with Crippen LogP contribution < -0.4 is 9.09 Å². The molecule has 3 heteroatoms. The maximum absolute atomic E-state index is 10.3. The fraction of sp³-hybridized carbons (Fsp3) is 0.143. The van der Waals surface area contributed by atoms with Crippen molar-refractivity contribution in [2.24, 2.45) is 0 Å². The number of rotatable bonds is 3. The summed E-state index contributed by atoms with van der Waals surface area (Å²) in [5.41, 5.74) is 1.65. The summed E-state index contributed by atoms with van der Waals surface area (Å²) >= 11 is 2.47. The second-order valence-corrected chi connectivity index (χ2v) is 4.82. The van der Waals surface area contributed by atoms with Crippen molar-refractivity contribution in [2.75, 3.05) is 7.11 Å². The molecule has 2 aromatic carbocycles. The van der Waals surface area contributed by atoms with Crippen LogP contribution in [0.5, 0.6) is 5.75 Å². The molecule has 0 heterocycles. The molecule has 0 aliphatic rings. The Morgan fingerprint density at radius 3 is 2.59 bits per heavy atom. The van der Waals surface area contributed by atoms with E-state index >= 15 is 0 Å². The van der Waals surface area contributed by atoms with Crippen LogP contribution in [0.1, 0.15) is 17.2 Å². The molecule has 86 valence electrons. The fourth-order valence-corrected chi connectivity index (χ4v) is 2.26. The van der Waals surface area contributed by atoms with Crippen LogP contribution in [-0.4, -0.2) is 29.1 Å². The molecule has 1 unspecified atom stereocenters. The predicted molar refractivity (Wildman–Crippen MR) is 68.9 cm³/mol. The normalized spacial score (nSPS) is 12.2. The van der Waals surface area contributed by atoms with E-state index in [2.05, 4.69) is 16.9 Å². The average molecular weight is 288 g/mol. The van der Waals surface area contributed by atoms with Crippen LogP contribution in [0.2, 0.25) is 0 Å². The van der Waals surface area contributed by atoms with Crippen LogP contribution in [-0.2, 0) is 0 Å². The summed E-state index contributed by atoms with van der Waals surface area (Å²) in [7, 11) is 1.61. The van der Waals surface area contributed by atoms with E-state index in [1.807, 2.05) is 48.5 Å². The molecule has 0 aliphatic carbocycles. The topological polar surface area (TPSA) is 29.5 Å². The predicted octanol–water partition coefficient (Wildman–Crippen LogP) is 1.57. The minimum atomic E-state index is -0.657. The zero-order chi connectivity index (χ0) is 12.3. The van der Waals surface area contributed by atoms with Crippen molar-refractivity contribution < 1.29 is 9.84 Å². The Morgan fingerprint density at radius 1 is 1.12 bits per heavy atom. The number of para-hydroxylation sites is 1. The molecule has 17 heavy (non-hydrogen) atoms. The fourth-order valence-electron chi connectivity index (χ4n) is 1.77. The van der Waals surface area contributed by atoms with Gasteiger partial charge in [0.1, 0.15) is 0 Å². The molecule has 0 fully saturated rings. The summed E-state index contributed by atoms with van der Waals surface area (Å²) in [6.45, 7) is 0. The SMILES string of the molecule is COc1ccccc1C(O)c1cccc([As])c1. The monoisotopic (exact) mass is 288 g/mol. The van der Waals surface area contributed by atoms with Gasteiger partial charge in [0.15, 0.2) is 0 Å². The van der Waals surface area contributed by atoms with Gasteiger partial charge in [-0.1, -0.05) is 0 Å². The van der Waals surface area contributed by atoms with E-state index in [9.17, 15) is 5.11 Å². The standard InChI is InChI=1S/C14H13AsO2/c1-17-13-8-3-2-7-12(13)14(16)10-5-4-6-11(15)9-10/h2-9,14,16H,1H3. The van der Waals surface area contributed by atoms with E-state index in [0.29, 0.717) is 5.75 Å². The Balaban J connectivity index is 2.40. The molecule has 0 saturated carbocycles. The van der Waals surface area contributed by atoms with Crippen LogP contribution in [0.4, 0.5) is 0 Å². The van der Waals surface area contributed by atoms with Crippen LogP contribution in [0, 0.1) is 0 Å². The first-order chi connectivity index (χ1) is 8.22. The minimum absolute atomic E-state index is 0.657. The summed E-state index contributed by atoms with van der Waals surface area (Å²) in [5, 5.41) is 10.3. The van der Waals surface area contributed by atoms with Gasteiger partial charge in [0.2, 0.25) is 0 Å². The number of ether oxygens (including phenoxy) is 1. The summed E-state index contributed by atoms with van der Waals surface area (Å²) in [4.78, 5) is 0. The summed E-state index contributed by atoms with van der Waals surface area (Å²) < 4.78 is 6.33. The van der Waals surface area contributed by atoms with E-state index in [4.69, 9.17) is 4.74 Å². The Kier molecular flexibility index (Phi) is 3.88. The zero-order valence-corrected chi connectivity index (χ0v) is 11.4. The van der Waals surface area contributed by atoms with Gasteiger partial charge in [-0.3, -0.25) is 0 Å². The van der Waals surface area contributed by atoms with Crippen molar-refractivity contribution in [3.63, 3.8) is 0 Å². The Bertz CT molecular complexity index is 511. The quantitative estimate of drug-likeness (QED) is 0.869. The maximum atomic E-state index is 10.3. The van der Waals surface area contributed by atoms with Gasteiger partial charge < -0.3 is 0 Å². The first kappa shape index (κ1) is 12.2. The third kappa shape index (κ3) is 2.71. The van der Waals surface area contributed by atoms with Gasteiger partial charge >= 0.3 is 110 Å². The molecular weight excluding hydrogens is 275 g/mol. The van der Waals surface area contributed by atoms with Crippen molar-refractivity contribution in [1.29, 1.82) is 0 Å². The second-order valence-electron chi connectivity index (χ2n) is 3.74. The zero-order valence-electron chi connectivity index (χ0n) is 9.50. The molecule has 1 atom stereocenters. The van der Waals surface area contributed by atoms with Gasteiger partial charge in [0, 0.05) is 0 Å². The van der Waals surface area contributed by atoms with E-state index in [1.54, 1.807) is 7.11 Å². The molecule has 0 saturated heterocycles. The number of hydrogen-bond donors (Lipinski definition) is 1. The van der Waals surface area contributed by atoms with Gasteiger partial charge in [-0.05, 0) is 0 Å². The van der Waals surface area contributed by atoms with E-state index in [-0.39, 0.29) is 0 Å². The molecular formula is C14H13AsO2. The average Bonchev–Trinajstić information content (AvgIpc) is 2.38. The van der Waals surface area contributed by atoms with Gasteiger partial charge in [-0.15, -0.1) is 0 Å². The van der Waals surface area contributed by atoms with Gasteiger partial charge in [0.05, 0.1) is 0 Å². The van der Waals surface area contributed by atoms with Crippen molar-refractivity contribution >= 4 is 21.2 Å². The Morgan fingerprint density at radius 2 is 1.88 bits per heavy atom. The summed E-state index contributed by atoms with van der Waals surface area (Å²) in [6.07, 6.45) is -0.657. The third-order valence-corrected chi connectivity index (χ3v) is 3.20. The number of benzene rings is 2. The van der Waals surface area contributed by atoms with Crippen molar-refractivity contribution in [3.05, 3.63) is 59.7 Å². The van der Waals surface area contributed by atoms with Gasteiger partial charge in [-0.2, -0.15) is 0 Å².